The number of aromatic nitrogens is 1. The summed E-state index contributed by atoms with van der Waals surface area (Å²) in [5.74, 6) is 0.197. The number of rotatable bonds is 7. The number of carbonyl (C=O) groups is 2. The van der Waals surface area contributed by atoms with Gasteiger partial charge in [-0.3, -0.25) is 9.59 Å². The number of hydrogen-bond acceptors (Lipinski definition) is 2. The predicted octanol–water partition coefficient (Wildman–Crippen LogP) is 1.92. The summed E-state index contributed by atoms with van der Waals surface area (Å²) in [5, 5.41) is 0. The Balaban J connectivity index is 1.67. The van der Waals surface area contributed by atoms with Crippen molar-refractivity contribution in [3.63, 3.8) is 0 Å². The second kappa shape index (κ2) is 6.15. The van der Waals surface area contributed by atoms with Crippen molar-refractivity contribution in [3.8, 4) is 0 Å². The molecule has 1 aromatic heterocycles. The summed E-state index contributed by atoms with van der Waals surface area (Å²) >= 11 is 0. The van der Waals surface area contributed by atoms with E-state index in [1.807, 2.05) is 31.1 Å². The molecule has 0 atom stereocenters. The van der Waals surface area contributed by atoms with Crippen molar-refractivity contribution in [2.45, 2.75) is 57.7 Å². The van der Waals surface area contributed by atoms with Gasteiger partial charge in [-0.25, -0.2) is 0 Å². The van der Waals surface area contributed by atoms with Crippen LogP contribution in [0.4, 0.5) is 0 Å². The van der Waals surface area contributed by atoms with Crippen LogP contribution in [0.15, 0.2) is 18.3 Å². The quantitative estimate of drug-likeness (QED) is 0.772. The van der Waals surface area contributed by atoms with Crippen molar-refractivity contribution >= 4 is 11.8 Å². The highest BCUT2D eigenvalue weighted by molar-refractivity contribution is 5.85. The average molecular weight is 303 g/mol. The molecule has 0 saturated heterocycles. The molecule has 5 nitrogen and oxygen atoms in total. The molecule has 0 radical (unpaired) electrons. The molecule has 5 heteroatoms. The van der Waals surface area contributed by atoms with Gasteiger partial charge in [0.15, 0.2) is 0 Å². The van der Waals surface area contributed by atoms with Gasteiger partial charge in [-0.15, -0.1) is 0 Å². The fourth-order valence-corrected chi connectivity index (χ4v) is 2.89. The lowest BCUT2D eigenvalue weighted by molar-refractivity contribution is -0.141. The van der Waals surface area contributed by atoms with Crippen LogP contribution in [0.25, 0.3) is 0 Å². The van der Waals surface area contributed by atoms with Crippen molar-refractivity contribution in [1.29, 1.82) is 0 Å². The van der Waals surface area contributed by atoms with Gasteiger partial charge in [0.05, 0.1) is 6.54 Å². The highest BCUT2D eigenvalue weighted by Crippen LogP contribution is 2.31. The van der Waals surface area contributed by atoms with Gasteiger partial charge in [0.1, 0.15) is 6.54 Å². The van der Waals surface area contributed by atoms with E-state index < -0.39 is 0 Å². The summed E-state index contributed by atoms with van der Waals surface area (Å²) < 4.78 is 2.05. The highest BCUT2D eigenvalue weighted by Gasteiger charge is 2.37. The first-order valence-corrected chi connectivity index (χ1v) is 8.29. The summed E-state index contributed by atoms with van der Waals surface area (Å²) in [5.41, 5.74) is 1.14. The van der Waals surface area contributed by atoms with Gasteiger partial charge in [-0.2, -0.15) is 0 Å². The molecule has 1 heterocycles. The summed E-state index contributed by atoms with van der Waals surface area (Å²) in [7, 11) is 2.00. The molecule has 2 amide bonds. The molecular weight excluding hydrogens is 278 g/mol. The second-order valence-corrected chi connectivity index (χ2v) is 6.47. The third-order valence-electron chi connectivity index (χ3n) is 4.61. The van der Waals surface area contributed by atoms with Gasteiger partial charge in [0.25, 0.3) is 0 Å². The SMILES string of the molecule is CCC(=O)N(CC(=O)N(Cc1cccn1C)C1CC1)C1CC1. The molecule has 0 spiro atoms. The Bertz CT molecular complexity index is 558. The van der Waals surface area contributed by atoms with Gasteiger partial charge in [0.2, 0.25) is 11.8 Å². The maximum atomic E-state index is 12.7. The normalized spacial score (nSPS) is 17.4. The Morgan fingerprint density at radius 1 is 1.14 bits per heavy atom. The number of hydrogen-bond donors (Lipinski definition) is 0. The first kappa shape index (κ1) is 15.1. The monoisotopic (exact) mass is 303 g/mol. The topological polar surface area (TPSA) is 45.6 Å². The van der Waals surface area contributed by atoms with Crippen molar-refractivity contribution in [1.82, 2.24) is 14.4 Å². The Kier molecular flexibility index (Phi) is 4.23. The zero-order valence-corrected chi connectivity index (χ0v) is 13.5. The van der Waals surface area contributed by atoms with E-state index in [-0.39, 0.29) is 18.4 Å². The smallest absolute Gasteiger partial charge is 0.242 e. The van der Waals surface area contributed by atoms with Crippen LogP contribution < -0.4 is 0 Å². The number of amides is 2. The molecule has 0 unspecified atom stereocenters. The van der Waals surface area contributed by atoms with Crippen molar-refractivity contribution < 1.29 is 9.59 Å². The van der Waals surface area contributed by atoms with Crippen LogP contribution in [0.3, 0.4) is 0 Å². The predicted molar refractivity (Wildman–Crippen MR) is 84.0 cm³/mol. The van der Waals surface area contributed by atoms with E-state index in [2.05, 4.69) is 10.6 Å². The fourth-order valence-electron chi connectivity index (χ4n) is 2.89. The van der Waals surface area contributed by atoms with Crippen molar-refractivity contribution in [3.05, 3.63) is 24.0 Å². The maximum Gasteiger partial charge on any atom is 0.242 e. The number of carbonyl (C=O) groups excluding carboxylic acids is 2. The van der Waals surface area contributed by atoms with E-state index in [1.165, 1.54) is 0 Å². The third-order valence-corrected chi connectivity index (χ3v) is 4.61. The summed E-state index contributed by atoms with van der Waals surface area (Å²) in [6.45, 7) is 2.76. The van der Waals surface area contributed by atoms with Crippen LogP contribution in [-0.2, 0) is 23.2 Å². The summed E-state index contributed by atoms with van der Waals surface area (Å²) in [6, 6.07) is 4.72. The minimum atomic E-state index is 0.0948. The zero-order chi connectivity index (χ0) is 15.7. The van der Waals surface area contributed by atoms with E-state index in [0.717, 1.165) is 31.4 Å². The molecule has 0 bridgehead atoms. The third kappa shape index (κ3) is 3.34. The number of nitrogens with zero attached hydrogens (tertiary/aromatic N) is 3. The van der Waals surface area contributed by atoms with Gasteiger partial charge in [-0.05, 0) is 37.8 Å². The van der Waals surface area contributed by atoms with Gasteiger partial charge >= 0.3 is 0 Å². The van der Waals surface area contributed by atoms with Crippen molar-refractivity contribution in [2.75, 3.05) is 6.54 Å². The molecular formula is C17H25N3O2. The Morgan fingerprint density at radius 3 is 2.27 bits per heavy atom. The molecule has 1 aromatic rings. The van der Waals surface area contributed by atoms with Crippen LogP contribution in [0, 0.1) is 0 Å². The fraction of sp³-hybridized carbons (Fsp3) is 0.647. The summed E-state index contributed by atoms with van der Waals surface area (Å²) in [6.07, 6.45) is 6.73. The van der Waals surface area contributed by atoms with E-state index in [0.29, 0.717) is 25.0 Å². The van der Waals surface area contributed by atoms with E-state index in [1.54, 1.807) is 4.90 Å². The Labute approximate surface area is 131 Å². The Morgan fingerprint density at radius 2 is 1.77 bits per heavy atom. The van der Waals surface area contributed by atoms with Gasteiger partial charge in [-0.1, -0.05) is 6.92 Å². The van der Waals surface area contributed by atoms with Crippen LogP contribution in [-0.4, -0.2) is 44.8 Å². The zero-order valence-electron chi connectivity index (χ0n) is 13.5. The number of aryl methyl sites for hydroxylation is 1. The van der Waals surface area contributed by atoms with Gasteiger partial charge < -0.3 is 14.4 Å². The molecule has 120 valence electrons. The molecule has 0 aliphatic heterocycles. The largest absolute Gasteiger partial charge is 0.353 e. The van der Waals surface area contributed by atoms with E-state index in [9.17, 15) is 9.59 Å². The average Bonchev–Trinajstić information content (AvgIpc) is 3.41. The second-order valence-electron chi connectivity index (χ2n) is 6.47. The molecule has 2 fully saturated rings. The lowest BCUT2D eigenvalue weighted by Crippen LogP contribution is -2.44. The molecule has 0 N–H and O–H groups in total. The highest BCUT2D eigenvalue weighted by atomic mass is 16.2. The minimum absolute atomic E-state index is 0.0948. The summed E-state index contributed by atoms with van der Waals surface area (Å²) in [4.78, 5) is 28.6. The van der Waals surface area contributed by atoms with E-state index >= 15 is 0 Å². The van der Waals surface area contributed by atoms with E-state index in [4.69, 9.17) is 0 Å². The lowest BCUT2D eigenvalue weighted by Gasteiger charge is -2.27. The van der Waals surface area contributed by atoms with Crippen LogP contribution in [0.2, 0.25) is 0 Å². The standard InChI is InChI=1S/C17H25N3O2/c1-3-16(21)20(14-8-9-14)12-17(22)19(13-6-7-13)11-15-5-4-10-18(15)2/h4-5,10,13-14H,3,6-9,11-12H2,1-2H3. The maximum absolute atomic E-state index is 12.7. The molecule has 2 saturated carbocycles. The van der Waals surface area contributed by atoms with Crippen LogP contribution in [0.5, 0.6) is 0 Å². The molecule has 2 aliphatic rings. The minimum Gasteiger partial charge on any atom is -0.353 e. The molecule has 3 rings (SSSR count). The van der Waals surface area contributed by atoms with Gasteiger partial charge in [0, 0.05) is 37.4 Å². The molecule has 0 aromatic carbocycles. The first-order valence-electron chi connectivity index (χ1n) is 8.29. The first-order chi connectivity index (χ1) is 10.6. The Hall–Kier alpha value is -1.78. The lowest BCUT2D eigenvalue weighted by atomic mass is 10.3. The van der Waals surface area contributed by atoms with Crippen LogP contribution in [0.1, 0.15) is 44.7 Å². The van der Waals surface area contributed by atoms with Crippen LogP contribution >= 0.6 is 0 Å². The molecule has 2 aliphatic carbocycles. The van der Waals surface area contributed by atoms with Crippen molar-refractivity contribution in [2.24, 2.45) is 7.05 Å². The molecule has 22 heavy (non-hydrogen) atoms.